The molecule has 1 atom stereocenters. The van der Waals surface area contributed by atoms with Gasteiger partial charge in [-0.15, -0.1) is 0 Å². The molecular weight excluding hydrogens is 659 g/mol. The highest BCUT2D eigenvalue weighted by Crippen LogP contribution is 2.46. The van der Waals surface area contributed by atoms with E-state index in [9.17, 15) is 15.3 Å². The van der Waals surface area contributed by atoms with Crippen molar-refractivity contribution >= 4 is 0 Å². The number of phenolic OH excluding ortho intramolecular Hbond substituents is 3. The molecule has 0 bridgehead atoms. The van der Waals surface area contributed by atoms with Crippen LogP contribution in [0.25, 0.3) is 0 Å². The molecule has 0 aromatic heterocycles. The van der Waals surface area contributed by atoms with Crippen LogP contribution in [0.4, 0.5) is 0 Å². The average molecular weight is 732 g/mol. The number of aryl methyl sites for hydroxylation is 1. The summed E-state index contributed by atoms with van der Waals surface area (Å²) in [5, 5.41) is 38.9. The molecule has 0 saturated heterocycles. The highest BCUT2D eigenvalue weighted by atomic mass is 16.3. The lowest BCUT2D eigenvalue weighted by atomic mass is 9.68. The maximum Gasteiger partial charge on any atom is 0.124 e. The lowest BCUT2D eigenvalue weighted by Crippen LogP contribution is -2.30. The van der Waals surface area contributed by atoms with E-state index in [1.54, 1.807) is 0 Å². The molecule has 3 rings (SSSR count). The third kappa shape index (κ3) is 10.5. The molecule has 0 unspecified atom stereocenters. The summed E-state index contributed by atoms with van der Waals surface area (Å²) in [6.45, 7) is 34.9. The van der Waals surface area contributed by atoms with Crippen LogP contribution in [0.15, 0.2) is 36.4 Å². The predicted octanol–water partition coefficient (Wildman–Crippen LogP) is 8.20. The summed E-state index contributed by atoms with van der Waals surface area (Å²) in [4.78, 5) is 9.40. The van der Waals surface area contributed by atoms with Gasteiger partial charge in [0.05, 0.1) is 0 Å². The summed E-state index contributed by atoms with van der Waals surface area (Å²) < 4.78 is 0. The van der Waals surface area contributed by atoms with Crippen LogP contribution in [0.1, 0.15) is 126 Å². The Hall–Kier alpha value is -3.14. The number of aromatic hydroxyl groups is 3. The molecule has 0 radical (unpaired) electrons. The van der Waals surface area contributed by atoms with Gasteiger partial charge in [-0.25, -0.2) is 0 Å². The van der Waals surface area contributed by atoms with Crippen molar-refractivity contribution in [3.05, 3.63) is 86.5 Å². The Morgan fingerprint density at radius 1 is 0.434 bits per heavy atom. The van der Waals surface area contributed by atoms with Crippen molar-refractivity contribution in [2.45, 2.75) is 121 Å². The monoisotopic (exact) mass is 732 g/mol. The number of hydrogen-bond acceptors (Lipinski definition) is 8. The van der Waals surface area contributed by atoms with Gasteiger partial charge in [0.15, 0.2) is 0 Å². The van der Waals surface area contributed by atoms with Gasteiger partial charge >= 0.3 is 0 Å². The quantitative estimate of drug-likeness (QED) is 0.0727. The average Bonchev–Trinajstić information content (AvgIpc) is 3.18. The molecule has 0 aliphatic heterocycles. The van der Waals surface area contributed by atoms with Crippen molar-refractivity contribution in [2.75, 3.05) is 58.9 Å². The third-order valence-corrected chi connectivity index (χ3v) is 11.6. The van der Waals surface area contributed by atoms with Gasteiger partial charge in [0.1, 0.15) is 17.2 Å². The number of benzene rings is 3. The fraction of sp³-hybridized carbons (Fsp3) is 0.600. The largest absolute Gasteiger partial charge is 0.507 e. The van der Waals surface area contributed by atoms with Crippen LogP contribution < -0.4 is 5.32 Å². The molecule has 3 aromatic rings. The van der Waals surface area contributed by atoms with Gasteiger partial charge in [-0.05, 0) is 125 Å². The second-order valence-corrected chi connectivity index (χ2v) is 14.5. The molecule has 8 nitrogen and oxygen atoms in total. The molecule has 0 spiro atoms. The summed E-state index contributed by atoms with van der Waals surface area (Å²) in [6.07, 6.45) is 0.700. The van der Waals surface area contributed by atoms with Gasteiger partial charge in [0.2, 0.25) is 0 Å². The molecule has 0 aliphatic carbocycles. The molecule has 0 heterocycles. The van der Waals surface area contributed by atoms with Crippen molar-refractivity contribution in [3.63, 3.8) is 0 Å². The van der Waals surface area contributed by atoms with Crippen molar-refractivity contribution in [1.29, 1.82) is 0 Å². The first-order valence-electron chi connectivity index (χ1n) is 20.6. The van der Waals surface area contributed by atoms with Crippen LogP contribution in [-0.2, 0) is 44.6 Å². The third-order valence-electron chi connectivity index (χ3n) is 11.6. The smallest absolute Gasteiger partial charge is 0.124 e. The summed E-state index contributed by atoms with van der Waals surface area (Å²) in [5.41, 5.74) is 8.05. The van der Waals surface area contributed by atoms with Crippen LogP contribution in [-0.4, -0.2) is 93.8 Å². The Kier molecular flexibility index (Phi) is 17.6. The number of nitrogens with zero attached hydrogens (tertiary/aromatic N) is 4. The van der Waals surface area contributed by atoms with Crippen molar-refractivity contribution in [3.8, 4) is 17.2 Å². The summed E-state index contributed by atoms with van der Waals surface area (Å²) in [6, 6.07) is 13.3. The highest BCUT2D eigenvalue weighted by molar-refractivity contribution is 5.60. The highest BCUT2D eigenvalue weighted by Gasteiger charge is 2.36. The first-order chi connectivity index (χ1) is 25.4. The Morgan fingerprint density at radius 2 is 0.698 bits per heavy atom. The van der Waals surface area contributed by atoms with E-state index in [2.05, 4.69) is 137 Å². The van der Waals surface area contributed by atoms with Crippen molar-refractivity contribution < 1.29 is 15.3 Å². The van der Waals surface area contributed by atoms with Crippen LogP contribution in [0.3, 0.4) is 0 Å². The van der Waals surface area contributed by atoms with E-state index in [1.165, 1.54) is 0 Å². The van der Waals surface area contributed by atoms with E-state index in [0.717, 1.165) is 109 Å². The van der Waals surface area contributed by atoms with Gasteiger partial charge in [-0.3, -0.25) is 19.6 Å². The molecule has 8 heteroatoms. The zero-order valence-electron chi connectivity index (χ0n) is 35.2. The lowest BCUT2D eigenvalue weighted by molar-refractivity contribution is 0.281. The van der Waals surface area contributed by atoms with Gasteiger partial charge in [0, 0.05) is 66.0 Å². The predicted molar refractivity (Wildman–Crippen MR) is 223 cm³/mol. The molecule has 4 N–H and O–H groups in total. The number of phenols is 3. The summed E-state index contributed by atoms with van der Waals surface area (Å²) >= 11 is 0. The van der Waals surface area contributed by atoms with E-state index >= 15 is 0 Å². The van der Waals surface area contributed by atoms with Crippen molar-refractivity contribution in [2.24, 2.45) is 0 Å². The van der Waals surface area contributed by atoms with E-state index in [4.69, 9.17) is 0 Å². The minimum atomic E-state index is -0.702. The van der Waals surface area contributed by atoms with Crippen LogP contribution >= 0.6 is 0 Å². The molecule has 0 amide bonds. The molecule has 0 fully saturated rings. The Labute approximate surface area is 322 Å². The molecule has 53 heavy (non-hydrogen) atoms. The summed E-state index contributed by atoms with van der Waals surface area (Å²) in [5.74, 6) is 1.10. The topological polar surface area (TPSA) is 85.7 Å². The number of nitrogens with one attached hydrogen (secondary N) is 1. The Bertz CT molecular complexity index is 1540. The first kappa shape index (κ1) is 44.3. The fourth-order valence-corrected chi connectivity index (χ4v) is 7.54. The SMILES string of the molecule is CCNCc1cc([C@](C)(c2cc(CC)c(O)c(CN(CC)CC)c2)c2cc(CN(CC)CC)c(O)c(CN(CC)CC)c2)cc(CN(CC)CC)c1O. The zero-order chi connectivity index (χ0) is 39.3. The van der Waals surface area contributed by atoms with Crippen molar-refractivity contribution in [1.82, 2.24) is 24.9 Å². The minimum Gasteiger partial charge on any atom is -0.507 e. The lowest BCUT2D eigenvalue weighted by Gasteiger charge is -2.36. The zero-order valence-corrected chi connectivity index (χ0v) is 35.2. The van der Waals surface area contributed by atoms with E-state index in [-0.39, 0.29) is 0 Å². The second-order valence-electron chi connectivity index (χ2n) is 14.5. The molecule has 296 valence electrons. The van der Waals surface area contributed by atoms with Gasteiger partial charge in [0.25, 0.3) is 0 Å². The number of rotatable bonds is 23. The van der Waals surface area contributed by atoms with E-state index < -0.39 is 5.41 Å². The number of hydrogen-bond donors (Lipinski definition) is 4. The van der Waals surface area contributed by atoms with Gasteiger partial charge in [-0.1, -0.05) is 75.3 Å². The van der Waals surface area contributed by atoms with Gasteiger partial charge < -0.3 is 20.6 Å². The first-order valence-corrected chi connectivity index (χ1v) is 20.6. The summed E-state index contributed by atoms with van der Waals surface area (Å²) in [7, 11) is 0. The molecule has 3 aromatic carbocycles. The maximum absolute atomic E-state index is 12.0. The van der Waals surface area contributed by atoms with E-state index in [0.29, 0.717) is 56.4 Å². The van der Waals surface area contributed by atoms with Crippen LogP contribution in [0.2, 0.25) is 0 Å². The van der Waals surface area contributed by atoms with Crippen LogP contribution in [0.5, 0.6) is 17.2 Å². The second kappa shape index (κ2) is 21.1. The van der Waals surface area contributed by atoms with E-state index in [1.807, 2.05) is 0 Å². The normalized spacial score (nSPS) is 13.2. The maximum atomic E-state index is 12.0. The molecular formula is C45H73N5O3. The molecule has 0 saturated carbocycles. The Morgan fingerprint density at radius 3 is 0.981 bits per heavy atom. The van der Waals surface area contributed by atoms with Crippen LogP contribution in [0, 0.1) is 0 Å². The molecule has 0 aliphatic rings. The van der Waals surface area contributed by atoms with Gasteiger partial charge in [-0.2, -0.15) is 0 Å². The fourth-order valence-electron chi connectivity index (χ4n) is 7.54. The standard InChI is InChI=1S/C45H73N5O3/c1-12-33-22-39(24-35(42(33)51)29-47(14-3)15-4)45(11,40-23-34(28-46-13-2)43(52)36(25-40)30-48(16-5)17-6)41-26-37(31-49(18-7)19-8)44(53)38(27-41)32-50(20-9)21-10/h22-27,46,51-53H,12-21,28-32H2,1-11H3/t45-/m0/s1. The Balaban J connectivity index is 2.57. The minimum absolute atomic E-state index is 0.348.